The minimum absolute atomic E-state index is 0.227. The summed E-state index contributed by atoms with van der Waals surface area (Å²) in [5, 5.41) is -0.363. The molecule has 0 unspecified atom stereocenters. The molecule has 136 valence electrons. The number of hydrogen-bond donors (Lipinski definition) is 0. The molecule has 11 heteroatoms. The van der Waals surface area contributed by atoms with E-state index in [1.807, 2.05) is 0 Å². The Labute approximate surface area is 142 Å². The van der Waals surface area contributed by atoms with E-state index in [9.17, 15) is 25.8 Å². The Kier molecular flexibility index (Phi) is 5.09. The summed E-state index contributed by atoms with van der Waals surface area (Å²) in [6.45, 7) is 0. The van der Waals surface area contributed by atoms with E-state index in [4.69, 9.17) is 4.74 Å². The van der Waals surface area contributed by atoms with Crippen molar-refractivity contribution in [3.8, 4) is 5.75 Å². The molecule has 2 aromatic rings. The molecule has 2 rings (SSSR count). The van der Waals surface area contributed by atoms with E-state index in [1.165, 1.54) is 31.4 Å². The van der Waals surface area contributed by atoms with Gasteiger partial charge >= 0.3 is 6.18 Å². The van der Waals surface area contributed by atoms with Crippen molar-refractivity contribution in [1.29, 1.82) is 0 Å². The van der Waals surface area contributed by atoms with E-state index in [0.717, 1.165) is 12.3 Å². The fourth-order valence-electron chi connectivity index (χ4n) is 1.79. The van der Waals surface area contributed by atoms with Crippen LogP contribution in [0.25, 0.3) is 0 Å². The molecule has 0 radical (unpaired) electrons. The molecule has 0 fully saturated rings. The van der Waals surface area contributed by atoms with Crippen LogP contribution in [0.2, 0.25) is 0 Å². The third-order valence-corrected chi connectivity index (χ3v) is 6.86. The molecule has 6 nitrogen and oxygen atoms in total. The quantitative estimate of drug-likeness (QED) is 0.796. The van der Waals surface area contributed by atoms with E-state index in [0.29, 0.717) is 18.0 Å². The van der Waals surface area contributed by atoms with Crippen LogP contribution < -0.4 is 4.74 Å². The van der Waals surface area contributed by atoms with Gasteiger partial charge in [-0.1, -0.05) is 0 Å². The van der Waals surface area contributed by atoms with Crippen LogP contribution in [0.4, 0.5) is 13.2 Å². The lowest BCUT2D eigenvalue weighted by molar-refractivity contribution is -0.137. The smallest absolute Gasteiger partial charge is 0.417 e. The van der Waals surface area contributed by atoms with Crippen molar-refractivity contribution in [1.82, 2.24) is 4.98 Å². The largest absolute Gasteiger partial charge is 0.497 e. The summed E-state index contributed by atoms with van der Waals surface area (Å²) in [7, 11) is -6.46. The van der Waals surface area contributed by atoms with Gasteiger partial charge in [0.25, 0.3) is 10.0 Å². The summed E-state index contributed by atoms with van der Waals surface area (Å²) in [4.78, 5) is 3.22. The first-order valence-electron chi connectivity index (χ1n) is 6.61. The number of ether oxygens (including phenoxy) is 1. The van der Waals surface area contributed by atoms with Crippen molar-refractivity contribution in [3.05, 3.63) is 48.2 Å². The van der Waals surface area contributed by atoms with Crippen LogP contribution in [-0.4, -0.2) is 31.0 Å². The maximum atomic E-state index is 12.5. The first-order chi connectivity index (χ1) is 11.5. The average Bonchev–Trinajstić information content (AvgIpc) is 2.53. The fourth-order valence-corrected chi connectivity index (χ4v) is 4.98. The van der Waals surface area contributed by atoms with Gasteiger partial charge in [-0.15, -0.1) is 3.77 Å². The van der Waals surface area contributed by atoms with Crippen molar-refractivity contribution in [2.45, 2.75) is 16.1 Å². The number of nitrogens with zero attached hydrogens (tertiary/aromatic N) is 2. The minimum Gasteiger partial charge on any atom is -0.497 e. The van der Waals surface area contributed by atoms with Crippen LogP contribution in [0.1, 0.15) is 5.56 Å². The van der Waals surface area contributed by atoms with Gasteiger partial charge in [0.15, 0.2) is 0 Å². The van der Waals surface area contributed by atoms with Crippen LogP contribution in [0.3, 0.4) is 0 Å². The molecule has 0 saturated heterocycles. The highest BCUT2D eigenvalue weighted by Crippen LogP contribution is 2.29. The molecular weight excluding hydrogens is 381 g/mol. The summed E-state index contributed by atoms with van der Waals surface area (Å²) in [6, 6.07) is 6.71. The predicted molar refractivity (Wildman–Crippen MR) is 84.2 cm³/mol. The Balaban J connectivity index is 2.44. The number of alkyl halides is 3. The first-order valence-corrected chi connectivity index (χ1v) is 9.98. The maximum absolute atomic E-state index is 12.5. The number of aromatic nitrogens is 1. The zero-order valence-corrected chi connectivity index (χ0v) is 14.7. The Hall–Kier alpha value is -2.14. The second-order valence-electron chi connectivity index (χ2n) is 4.91. The van der Waals surface area contributed by atoms with E-state index in [-0.39, 0.29) is 9.92 Å². The molecule has 0 spiro atoms. The maximum Gasteiger partial charge on any atom is 0.417 e. The monoisotopic (exact) mass is 394 g/mol. The molecule has 0 aliphatic carbocycles. The van der Waals surface area contributed by atoms with E-state index >= 15 is 0 Å². The van der Waals surface area contributed by atoms with E-state index < -0.39 is 31.5 Å². The van der Waals surface area contributed by atoms with Gasteiger partial charge in [-0.05, 0) is 36.4 Å². The summed E-state index contributed by atoms with van der Waals surface area (Å²) in [6.07, 6.45) is -3.13. The van der Waals surface area contributed by atoms with Crippen molar-refractivity contribution < 1.29 is 30.5 Å². The van der Waals surface area contributed by atoms with Gasteiger partial charge in [-0.2, -0.15) is 21.6 Å². The number of rotatable bonds is 4. The van der Waals surface area contributed by atoms with Crippen LogP contribution >= 0.6 is 0 Å². The minimum atomic E-state index is -4.60. The van der Waals surface area contributed by atoms with Crippen LogP contribution in [0, 0.1) is 0 Å². The lowest BCUT2D eigenvalue weighted by Crippen LogP contribution is -2.09. The standard InChI is InChI=1S/C14H13F3N2O4S2/c1-23-11-4-6-12(7-5-11)25(21,22)19-24(2,20)13-8-3-10(9-18-13)14(15,16)17/h3-9H,1-2H3/t24-/m1/s1. The summed E-state index contributed by atoms with van der Waals surface area (Å²) in [5.74, 6) is 0.417. The van der Waals surface area contributed by atoms with Crippen molar-refractivity contribution in [3.63, 3.8) is 0 Å². The van der Waals surface area contributed by atoms with Crippen LogP contribution in [0.15, 0.2) is 56.3 Å². The molecule has 0 aliphatic rings. The molecule has 1 heterocycles. The molecular formula is C14H13F3N2O4S2. The first kappa shape index (κ1) is 19.2. The number of hydrogen-bond acceptors (Lipinski definition) is 5. The lowest BCUT2D eigenvalue weighted by Gasteiger charge is -2.08. The number of halogens is 3. The topological polar surface area (TPSA) is 85.7 Å². The number of methoxy groups -OCH3 is 1. The van der Waals surface area contributed by atoms with Crippen molar-refractivity contribution >= 4 is 19.8 Å². The van der Waals surface area contributed by atoms with E-state index in [2.05, 4.69) is 8.75 Å². The van der Waals surface area contributed by atoms with Crippen LogP contribution in [-0.2, 0) is 25.9 Å². The second kappa shape index (κ2) is 6.64. The van der Waals surface area contributed by atoms with Gasteiger partial charge in [-0.25, -0.2) is 9.19 Å². The molecule has 0 bridgehead atoms. The molecule has 1 atom stereocenters. The Bertz CT molecular complexity index is 976. The highest BCUT2D eigenvalue weighted by atomic mass is 32.3. The van der Waals surface area contributed by atoms with Gasteiger partial charge in [-0.3, -0.25) is 0 Å². The molecule has 0 saturated carbocycles. The Morgan fingerprint density at radius 3 is 2.08 bits per heavy atom. The molecule has 0 aliphatic heterocycles. The Morgan fingerprint density at radius 1 is 1.04 bits per heavy atom. The highest BCUT2D eigenvalue weighted by Gasteiger charge is 2.31. The zero-order valence-electron chi connectivity index (χ0n) is 13.0. The third-order valence-electron chi connectivity index (χ3n) is 3.05. The van der Waals surface area contributed by atoms with E-state index in [1.54, 1.807) is 0 Å². The predicted octanol–water partition coefficient (Wildman–Crippen LogP) is 2.95. The highest BCUT2D eigenvalue weighted by molar-refractivity contribution is 8.02. The summed E-state index contributed by atoms with van der Waals surface area (Å²) < 4.78 is 82.9. The summed E-state index contributed by atoms with van der Waals surface area (Å²) in [5.41, 5.74) is -1.04. The number of pyridine rings is 1. The normalized spacial score (nSPS) is 14.6. The molecule has 1 aromatic carbocycles. The fraction of sp³-hybridized carbons (Fsp3) is 0.214. The Morgan fingerprint density at radius 2 is 1.64 bits per heavy atom. The zero-order chi connectivity index (χ0) is 18.9. The molecule has 25 heavy (non-hydrogen) atoms. The van der Waals surface area contributed by atoms with Gasteiger partial charge < -0.3 is 4.74 Å². The van der Waals surface area contributed by atoms with Crippen molar-refractivity contribution in [2.75, 3.05) is 13.4 Å². The number of sulfonamides is 1. The average molecular weight is 394 g/mol. The third kappa shape index (κ3) is 4.48. The van der Waals surface area contributed by atoms with Gasteiger partial charge in [0.1, 0.15) is 20.5 Å². The lowest BCUT2D eigenvalue weighted by atomic mass is 10.3. The molecule has 1 aromatic heterocycles. The van der Waals surface area contributed by atoms with Crippen LogP contribution in [0.5, 0.6) is 5.75 Å². The second-order valence-corrected chi connectivity index (χ2v) is 8.95. The molecule has 0 amide bonds. The van der Waals surface area contributed by atoms with Gasteiger partial charge in [0.05, 0.1) is 17.6 Å². The SMILES string of the molecule is COc1ccc(S(=O)(=O)N=[S@](C)(=O)c2ccc(C(F)(F)F)cn2)cc1. The van der Waals surface area contributed by atoms with Crippen molar-refractivity contribution in [2.24, 2.45) is 3.77 Å². The number of benzene rings is 1. The van der Waals surface area contributed by atoms with Gasteiger partial charge in [0.2, 0.25) is 0 Å². The summed E-state index contributed by atoms with van der Waals surface area (Å²) >= 11 is 0. The molecule has 0 N–H and O–H groups in total. The van der Waals surface area contributed by atoms with Gasteiger partial charge in [0, 0.05) is 12.5 Å².